The van der Waals surface area contributed by atoms with Crippen molar-refractivity contribution in [2.75, 3.05) is 19.1 Å². The minimum Gasteiger partial charge on any atom is -0.338 e. The second kappa shape index (κ2) is 9.44. The van der Waals surface area contributed by atoms with Crippen LogP contribution in [0.15, 0.2) is 72.9 Å². The Labute approximate surface area is 190 Å². The molecule has 0 fully saturated rings. The van der Waals surface area contributed by atoms with E-state index in [1.807, 2.05) is 78.3 Å². The number of fused-ring (bicyclic) bond motifs is 1. The summed E-state index contributed by atoms with van der Waals surface area (Å²) in [4.78, 5) is 20.0. The van der Waals surface area contributed by atoms with E-state index in [1.54, 1.807) is 24.4 Å². The lowest BCUT2D eigenvalue weighted by molar-refractivity contribution is 0.0759. The molecule has 0 saturated heterocycles. The first-order valence-electron chi connectivity index (χ1n) is 10.5. The van der Waals surface area contributed by atoms with Crippen LogP contribution in [0.5, 0.6) is 0 Å². The van der Waals surface area contributed by atoms with Gasteiger partial charge in [-0.2, -0.15) is 5.10 Å². The van der Waals surface area contributed by atoms with Gasteiger partial charge in [-0.05, 0) is 18.6 Å². The molecule has 6 nitrogen and oxygen atoms in total. The van der Waals surface area contributed by atoms with Crippen molar-refractivity contribution in [3.05, 3.63) is 84.1 Å². The number of carbonyl (C=O) groups is 1. The van der Waals surface area contributed by atoms with Crippen LogP contribution < -0.4 is 0 Å². The molecule has 0 aliphatic heterocycles. The van der Waals surface area contributed by atoms with Gasteiger partial charge in [0.2, 0.25) is 0 Å². The molecular weight excluding hydrogens is 420 g/mol. The Morgan fingerprint density at radius 3 is 2.41 bits per heavy atom. The van der Waals surface area contributed by atoms with Crippen LogP contribution in [0, 0.1) is 0 Å². The normalized spacial score (nSPS) is 13.1. The Kier molecular flexibility index (Phi) is 6.46. The molecule has 0 N–H and O–H groups in total. The lowest BCUT2D eigenvalue weighted by Gasteiger charge is -2.24. The zero-order valence-corrected chi connectivity index (χ0v) is 19.2. The van der Waals surface area contributed by atoms with Gasteiger partial charge in [0.1, 0.15) is 0 Å². The zero-order chi connectivity index (χ0) is 22.7. The zero-order valence-electron chi connectivity index (χ0n) is 18.4. The molecule has 32 heavy (non-hydrogen) atoms. The van der Waals surface area contributed by atoms with Gasteiger partial charge in [0.25, 0.3) is 5.91 Å². The first-order chi connectivity index (χ1) is 15.4. The van der Waals surface area contributed by atoms with Crippen molar-refractivity contribution in [3.8, 4) is 11.3 Å². The second-order valence-corrected chi connectivity index (χ2v) is 9.43. The molecule has 2 aromatic heterocycles. The quantitative estimate of drug-likeness (QED) is 0.431. The number of hydrogen-bond donors (Lipinski definition) is 0. The van der Waals surface area contributed by atoms with E-state index < -0.39 is 10.8 Å². The van der Waals surface area contributed by atoms with E-state index in [1.165, 1.54) is 0 Å². The highest BCUT2D eigenvalue weighted by molar-refractivity contribution is 7.84. The van der Waals surface area contributed by atoms with Crippen LogP contribution in [0.4, 0.5) is 0 Å². The molecule has 0 spiro atoms. The molecule has 4 aromatic rings. The predicted molar refractivity (Wildman–Crippen MR) is 129 cm³/mol. The second-order valence-electron chi connectivity index (χ2n) is 7.95. The maximum absolute atomic E-state index is 13.5. The summed E-state index contributed by atoms with van der Waals surface area (Å²) in [5, 5.41) is 5.27. The van der Waals surface area contributed by atoms with Crippen LogP contribution in [0.25, 0.3) is 22.3 Å². The Morgan fingerprint density at radius 2 is 1.75 bits per heavy atom. The van der Waals surface area contributed by atoms with Crippen LogP contribution in [0.1, 0.15) is 22.8 Å². The van der Waals surface area contributed by atoms with Crippen LogP contribution in [0.2, 0.25) is 0 Å². The monoisotopic (exact) mass is 446 g/mol. The summed E-state index contributed by atoms with van der Waals surface area (Å²) in [5.41, 5.74) is 3.97. The van der Waals surface area contributed by atoms with E-state index in [0.29, 0.717) is 28.9 Å². The van der Waals surface area contributed by atoms with Gasteiger partial charge in [0.05, 0.1) is 29.4 Å². The van der Waals surface area contributed by atoms with Gasteiger partial charge < -0.3 is 4.90 Å². The van der Waals surface area contributed by atoms with E-state index in [9.17, 15) is 9.00 Å². The molecule has 0 saturated carbocycles. The van der Waals surface area contributed by atoms with Crippen molar-refractivity contribution in [1.29, 1.82) is 0 Å². The van der Waals surface area contributed by atoms with Crippen LogP contribution in [0.3, 0.4) is 0 Å². The molecule has 2 atom stereocenters. The van der Waals surface area contributed by atoms with Gasteiger partial charge in [0.15, 0.2) is 5.65 Å². The Balaban J connectivity index is 1.82. The van der Waals surface area contributed by atoms with E-state index in [4.69, 9.17) is 4.98 Å². The summed E-state index contributed by atoms with van der Waals surface area (Å²) in [6.45, 7) is 2.47. The van der Waals surface area contributed by atoms with Crippen LogP contribution in [-0.2, 0) is 17.3 Å². The number of aromatic nitrogens is 3. The summed E-state index contributed by atoms with van der Waals surface area (Å²) in [5.74, 6) is 0.293. The summed E-state index contributed by atoms with van der Waals surface area (Å²) in [6, 6.07) is 21.5. The fourth-order valence-electron chi connectivity index (χ4n) is 3.70. The van der Waals surface area contributed by atoms with Crippen LogP contribution >= 0.6 is 0 Å². The average molecular weight is 447 g/mol. The highest BCUT2D eigenvalue weighted by Gasteiger charge is 2.23. The minimum absolute atomic E-state index is 0.133. The van der Waals surface area contributed by atoms with E-state index in [0.717, 1.165) is 16.8 Å². The first-order valence-corrected chi connectivity index (χ1v) is 12.2. The summed E-state index contributed by atoms with van der Waals surface area (Å²) in [6.07, 6.45) is 3.37. The topological polar surface area (TPSA) is 68.1 Å². The summed E-state index contributed by atoms with van der Waals surface area (Å²) >= 11 is 0. The van der Waals surface area contributed by atoms with Crippen molar-refractivity contribution in [3.63, 3.8) is 0 Å². The summed E-state index contributed by atoms with van der Waals surface area (Å²) < 4.78 is 13.5. The van der Waals surface area contributed by atoms with Gasteiger partial charge in [-0.25, -0.2) is 9.67 Å². The van der Waals surface area contributed by atoms with Crippen molar-refractivity contribution in [1.82, 2.24) is 19.7 Å². The van der Waals surface area contributed by atoms with Gasteiger partial charge >= 0.3 is 0 Å². The number of hydrogen-bond acceptors (Lipinski definition) is 4. The third-order valence-corrected chi connectivity index (χ3v) is 6.49. The number of amides is 1. The maximum Gasteiger partial charge on any atom is 0.254 e. The molecule has 2 heterocycles. The molecule has 164 valence electrons. The van der Waals surface area contributed by atoms with Gasteiger partial charge in [-0.15, -0.1) is 0 Å². The Bertz CT molecular complexity index is 1260. The van der Waals surface area contributed by atoms with Crippen molar-refractivity contribution in [2.45, 2.75) is 19.5 Å². The van der Waals surface area contributed by atoms with E-state index >= 15 is 0 Å². The average Bonchev–Trinajstić information content (AvgIpc) is 3.21. The van der Waals surface area contributed by atoms with E-state index in [-0.39, 0.29) is 11.9 Å². The van der Waals surface area contributed by atoms with Gasteiger partial charge in [-0.3, -0.25) is 9.00 Å². The molecule has 2 unspecified atom stereocenters. The van der Waals surface area contributed by atoms with Gasteiger partial charge in [0, 0.05) is 41.5 Å². The van der Waals surface area contributed by atoms with Crippen molar-refractivity contribution >= 4 is 27.7 Å². The smallest absolute Gasteiger partial charge is 0.254 e. The molecular formula is C25H26N4O2S. The van der Waals surface area contributed by atoms with Crippen LogP contribution in [-0.4, -0.2) is 54.9 Å². The van der Waals surface area contributed by atoms with E-state index in [2.05, 4.69) is 5.10 Å². The molecule has 1 amide bonds. The molecule has 2 aromatic carbocycles. The number of carbonyl (C=O) groups excluding carboxylic acids is 1. The number of benzene rings is 2. The SMILES string of the molecule is CC(CS(C)=O)N(C)C(=O)c1cc(-c2ccccc2)nc2c1cnn2Cc1ccccc1. The largest absolute Gasteiger partial charge is 0.338 e. The number of nitrogens with zero attached hydrogens (tertiary/aromatic N) is 4. The summed E-state index contributed by atoms with van der Waals surface area (Å²) in [7, 11) is 0.761. The standard InChI is InChI=1S/C25H26N4O2S/c1-18(17-32(3)31)28(2)25(30)21-14-23(20-12-8-5-9-13-20)27-24-22(21)15-26-29(24)16-19-10-6-4-7-11-19/h4-15,18H,16-17H2,1-3H3. The molecule has 7 heteroatoms. The third kappa shape index (κ3) is 4.62. The van der Waals surface area contributed by atoms with Crippen molar-refractivity contribution in [2.24, 2.45) is 0 Å². The lowest BCUT2D eigenvalue weighted by Crippen LogP contribution is -2.38. The maximum atomic E-state index is 13.5. The fraction of sp³-hybridized carbons (Fsp3) is 0.240. The first kappa shape index (κ1) is 21.9. The third-order valence-electron chi connectivity index (χ3n) is 5.54. The van der Waals surface area contributed by atoms with Crippen molar-refractivity contribution < 1.29 is 9.00 Å². The fourth-order valence-corrected chi connectivity index (χ4v) is 4.60. The molecule has 0 bridgehead atoms. The van der Waals surface area contributed by atoms with Gasteiger partial charge in [-0.1, -0.05) is 60.7 Å². The molecule has 0 aliphatic carbocycles. The minimum atomic E-state index is -0.992. The lowest BCUT2D eigenvalue weighted by atomic mass is 10.1. The molecule has 4 rings (SSSR count). The number of rotatable bonds is 7. The highest BCUT2D eigenvalue weighted by Crippen LogP contribution is 2.26. The molecule has 0 radical (unpaired) electrons. The highest BCUT2D eigenvalue weighted by atomic mass is 32.2. The Hall–Kier alpha value is -3.32. The Morgan fingerprint density at radius 1 is 1.09 bits per heavy atom. The number of pyridine rings is 1. The predicted octanol–water partition coefficient (Wildman–Crippen LogP) is 3.99. The molecule has 0 aliphatic rings.